The summed E-state index contributed by atoms with van der Waals surface area (Å²) in [6, 6.07) is 2.47. The van der Waals surface area contributed by atoms with Crippen molar-refractivity contribution < 1.29 is 0 Å². The van der Waals surface area contributed by atoms with Crippen molar-refractivity contribution in [1.29, 1.82) is 0 Å². The number of rotatable bonds is 4. The molecular weight excluding hydrogens is 256 g/mol. The Labute approximate surface area is 118 Å². The van der Waals surface area contributed by atoms with Crippen LogP contribution in [0.1, 0.15) is 40.9 Å². The van der Waals surface area contributed by atoms with E-state index in [2.05, 4.69) is 44.2 Å². The summed E-state index contributed by atoms with van der Waals surface area (Å²) < 4.78 is 1.93. The first-order valence-electron chi connectivity index (χ1n) is 6.60. The number of hydrogen-bond donors (Lipinski definition) is 2. The van der Waals surface area contributed by atoms with Crippen LogP contribution in [0.3, 0.4) is 0 Å². The lowest BCUT2D eigenvalue weighted by atomic mass is 10.1. The molecule has 2 aromatic rings. The predicted octanol–water partition coefficient (Wildman–Crippen LogP) is 3.65. The minimum atomic E-state index is 0.230. The lowest BCUT2D eigenvalue weighted by Gasteiger charge is -2.16. The maximum Gasteiger partial charge on any atom is 0.148 e. The molecule has 0 spiro atoms. The lowest BCUT2D eigenvalue weighted by Crippen LogP contribution is -2.12. The molecule has 3 N–H and O–H groups in total. The molecule has 0 aliphatic rings. The van der Waals surface area contributed by atoms with Gasteiger partial charge in [-0.05, 0) is 46.2 Å². The minimum absolute atomic E-state index is 0.230. The van der Waals surface area contributed by atoms with Crippen LogP contribution in [0.15, 0.2) is 6.07 Å². The zero-order valence-electron chi connectivity index (χ0n) is 12.2. The van der Waals surface area contributed by atoms with E-state index < -0.39 is 0 Å². The fourth-order valence-electron chi connectivity index (χ4n) is 2.34. The summed E-state index contributed by atoms with van der Waals surface area (Å²) in [6.07, 6.45) is 0. The molecule has 4 nitrogen and oxygen atoms in total. The van der Waals surface area contributed by atoms with Crippen molar-refractivity contribution in [3.8, 4) is 0 Å². The Bertz CT molecular complexity index is 583. The molecule has 2 heterocycles. The molecule has 5 heteroatoms. The molecule has 104 valence electrons. The topological polar surface area (TPSA) is 55.9 Å². The van der Waals surface area contributed by atoms with E-state index in [0.29, 0.717) is 0 Å². The van der Waals surface area contributed by atoms with Crippen LogP contribution in [-0.2, 0) is 6.54 Å². The summed E-state index contributed by atoms with van der Waals surface area (Å²) in [5, 5.41) is 7.94. The highest BCUT2D eigenvalue weighted by molar-refractivity contribution is 7.12. The number of thiophene rings is 1. The van der Waals surface area contributed by atoms with Crippen molar-refractivity contribution in [2.24, 2.45) is 0 Å². The largest absolute Gasteiger partial charge is 0.394 e. The van der Waals surface area contributed by atoms with Gasteiger partial charge in [-0.15, -0.1) is 11.3 Å². The van der Waals surface area contributed by atoms with E-state index in [1.54, 1.807) is 0 Å². The van der Waals surface area contributed by atoms with E-state index in [4.69, 9.17) is 5.73 Å². The van der Waals surface area contributed by atoms with E-state index in [1.165, 1.54) is 15.3 Å². The van der Waals surface area contributed by atoms with Crippen LogP contribution in [-0.4, -0.2) is 9.78 Å². The van der Waals surface area contributed by atoms with E-state index in [0.717, 1.165) is 23.7 Å². The van der Waals surface area contributed by atoms with Crippen molar-refractivity contribution in [1.82, 2.24) is 9.78 Å². The maximum atomic E-state index is 6.11. The highest BCUT2D eigenvalue weighted by atomic mass is 32.1. The summed E-state index contributed by atoms with van der Waals surface area (Å²) in [6.45, 7) is 11.3. The Kier molecular flexibility index (Phi) is 3.85. The molecule has 0 fully saturated rings. The molecule has 19 heavy (non-hydrogen) atoms. The van der Waals surface area contributed by atoms with Crippen molar-refractivity contribution in [2.75, 3.05) is 11.1 Å². The number of hydrogen-bond acceptors (Lipinski definition) is 4. The Hall–Kier alpha value is -1.49. The van der Waals surface area contributed by atoms with Crippen LogP contribution in [0.5, 0.6) is 0 Å². The Morgan fingerprint density at radius 2 is 2.11 bits per heavy atom. The number of aromatic nitrogens is 2. The van der Waals surface area contributed by atoms with Crippen LogP contribution in [0.4, 0.5) is 11.5 Å². The van der Waals surface area contributed by atoms with Crippen molar-refractivity contribution in [2.45, 2.75) is 47.2 Å². The molecule has 0 radical (unpaired) electrons. The molecule has 2 rings (SSSR count). The molecule has 0 saturated heterocycles. The van der Waals surface area contributed by atoms with Gasteiger partial charge in [0, 0.05) is 16.3 Å². The Morgan fingerprint density at radius 1 is 1.42 bits per heavy atom. The monoisotopic (exact) mass is 278 g/mol. The Morgan fingerprint density at radius 3 is 2.63 bits per heavy atom. The van der Waals surface area contributed by atoms with Gasteiger partial charge in [-0.3, -0.25) is 0 Å². The third-order valence-corrected chi connectivity index (χ3v) is 4.35. The van der Waals surface area contributed by atoms with Gasteiger partial charge in [0.1, 0.15) is 5.82 Å². The average Bonchev–Trinajstić information content (AvgIpc) is 2.83. The fraction of sp³-hybridized carbons (Fsp3) is 0.500. The molecule has 0 bridgehead atoms. The van der Waals surface area contributed by atoms with Gasteiger partial charge in [0.25, 0.3) is 0 Å². The highest BCUT2D eigenvalue weighted by Gasteiger charge is 2.16. The van der Waals surface area contributed by atoms with Gasteiger partial charge >= 0.3 is 0 Å². The second-order valence-corrected chi connectivity index (χ2v) is 6.36. The summed E-state index contributed by atoms with van der Waals surface area (Å²) in [5.41, 5.74) is 9.07. The highest BCUT2D eigenvalue weighted by Crippen LogP contribution is 2.31. The molecule has 0 aromatic carbocycles. The number of anilines is 2. The molecule has 0 aliphatic carbocycles. The number of nitrogens with two attached hydrogens (primary N) is 1. The second-order valence-electron chi connectivity index (χ2n) is 4.90. The van der Waals surface area contributed by atoms with E-state index in [1.807, 2.05) is 22.9 Å². The smallest absolute Gasteiger partial charge is 0.148 e. The zero-order chi connectivity index (χ0) is 14.2. The van der Waals surface area contributed by atoms with E-state index >= 15 is 0 Å². The van der Waals surface area contributed by atoms with E-state index in [9.17, 15) is 0 Å². The quantitative estimate of drug-likeness (QED) is 0.897. The van der Waals surface area contributed by atoms with Crippen molar-refractivity contribution >= 4 is 22.8 Å². The SMILES string of the molecule is CCn1nc(C)c(N)c1NC(C)c1cc(C)sc1C. The van der Waals surface area contributed by atoms with Crippen molar-refractivity contribution in [3.63, 3.8) is 0 Å². The number of nitrogen functional groups attached to an aromatic ring is 1. The number of aryl methyl sites for hydroxylation is 4. The summed E-state index contributed by atoms with van der Waals surface area (Å²) in [5.74, 6) is 0.927. The van der Waals surface area contributed by atoms with Gasteiger partial charge < -0.3 is 11.1 Å². The van der Waals surface area contributed by atoms with Gasteiger partial charge in [0.05, 0.1) is 17.4 Å². The standard InChI is InChI=1S/C14H22N4S/c1-6-18-14(13(15)10(4)17-18)16-9(3)12-7-8(2)19-11(12)5/h7,9,16H,6,15H2,1-5H3. The van der Waals surface area contributed by atoms with Crippen LogP contribution >= 0.6 is 11.3 Å². The van der Waals surface area contributed by atoms with Crippen LogP contribution in [0.25, 0.3) is 0 Å². The first-order valence-corrected chi connectivity index (χ1v) is 7.42. The summed E-state index contributed by atoms with van der Waals surface area (Å²) in [7, 11) is 0. The summed E-state index contributed by atoms with van der Waals surface area (Å²) >= 11 is 1.83. The molecule has 0 aliphatic heterocycles. The average molecular weight is 278 g/mol. The van der Waals surface area contributed by atoms with Crippen LogP contribution < -0.4 is 11.1 Å². The first kappa shape index (κ1) is 13.9. The molecule has 1 unspecified atom stereocenters. The lowest BCUT2D eigenvalue weighted by molar-refractivity contribution is 0.651. The third-order valence-electron chi connectivity index (χ3n) is 3.37. The number of nitrogens with zero attached hydrogens (tertiary/aromatic N) is 2. The van der Waals surface area contributed by atoms with E-state index in [-0.39, 0.29) is 6.04 Å². The Balaban J connectivity index is 2.28. The summed E-state index contributed by atoms with van der Waals surface area (Å²) in [4.78, 5) is 2.70. The van der Waals surface area contributed by atoms with Crippen LogP contribution in [0, 0.1) is 20.8 Å². The van der Waals surface area contributed by atoms with Gasteiger partial charge in [-0.2, -0.15) is 5.10 Å². The van der Waals surface area contributed by atoms with Gasteiger partial charge in [-0.25, -0.2) is 4.68 Å². The first-order chi connectivity index (χ1) is 8.93. The van der Waals surface area contributed by atoms with Gasteiger partial charge in [-0.1, -0.05) is 0 Å². The maximum absolute atomic E-state index is 6.11. The second kappa shape index (κ2) is 5.25. The number of nitrogens with one attached hydrogen (secondary N) is 1. The molecule has 0 saturated carbocycles. The fourth-order valence-corrected chi connectivity index (χ4v) is 3.36. The van der Waals surface area contributed by atoms with Crippen LogP contribution in [0.2, 0.25) is 0 Å². The molecule has 1 atom stereocenters. The molecular formula is C14H22N4S. The van der Waals surface area contributed by atoms with Gasteiger partial charge in [0.15, 0.2) is 0 Å². The third kappa shape index (κ3) is 2.61. The van der Waals surface area contributed by atoms with Gasteiger partial charge in [0.2, 0.25) is 0 Å². The zero-order valence-corrected chi connectivity index (χ0v) is 13.1. The molecule has 2 aromatic heterocycles. The minimum Gasteiger partial charge on any atom is -0.394 e. The normalized spacial score (nSPS) is 12.7. The predicted molar refractivity (Wildman–Crippen MR) is 82.9 cm³/mol. The van der Waals surface area contributed by atoms with Crippen molar-refractivity contribution in [3.05, 3.63) is 27.1 Å². The molecule has 0 amide bonds.